The first-order valence-electron chi connectivity index (χ1n) is 8.92. The van der Waals surface area contributed by atoms with Gasteiger partial charge in [0.15, 0.2) is 0 Å². The van der Waals surface area contributed by atoms with Crippen LogP contribution in [0.1, 0.15) is 15.9 Å². The Morgan fingerprint density at radius 1 is 0.963 bits per heavy atom. The van der Waals surface area contributed by atoms with Crippen LogP contribution in [0.3, 0.4) is 0 Å². The fourth-order valence-electron chi connectivity index (χ4n) is 3.48. The van der Waals surface area contributed by atoms with Gasteiger partial charge in [-0.25, -0.2) is 0 Å². The first-order chi connectivity index (χ1) is 13.1. The maximum Gasteiger partial charge on any atom is 0.255 e. The number of carbonyl (C=O) groups excluding carboxylic acids is 1. The number of hydrogen-bond acceptors (Lipinski definition) is 3. The molecule has 1 aromatic heterocycles. The molecule has 0 aliphatic carbocycles. The third-order valence-corrected chi connectivity index (χ3v) is 5.77. The number of aromatic nitrogens is 1. The van der Waals surface area contributed by atoms with Crippen molar-refractivity contribution in [3.8, 4) is 0 Å². The third kappa shape index (κ3) is 3.79. The molecule has 1 fully saturated rings. The molecule has 4 nitrogen and oxygen atoms in total. The van der Waals surface area contributed by atoms with Crippen LogP contribution in [-0.2, 0) is 6.54 Å². The van der Waals surface area contributed by atoms with Gasteiger partial charge in [-0.05, 0) is 23.8 Å². The molecule has 27 heavy (non-hydrogen) atoms. The number of carbonyl (C=O) groups is 1. The zero-order valence-corrected chi connectivity index (χ0v) is 16.2. The van der Waals surface area contributed by atoms with E-state index in [1.807, 2.05) is 17.2 Å². The van der Waals surface area contributed by atoms with Gasteiger partial charge in [0, 0.05) is 44.3 Å². The van der Waals surface area contributed by atoms with E-state index in [9.17, 15) is 4.79 Å². The minimum absolute atomic E-state index is 0.0611. The van der Waals surface area contributed by atoms with Crippen LogP contribution in [0.15, 0.2) is 54.7 Å². The molecule has 1 amide bonds. The van der Waals surface area contributed by atoms with E-state index in [0.717, 1.165) is 30.5 Å². The Morgan fingerprint density at radius 3 is 2.52 bits per heavy atom. The van der Waals surface area contributed by atoms with Gasteiger partial charge >= 0.3 is 0 Å². The van der Waals surface area contributed by atoms with Gasteiger partial charge in [0.2, 0.25) is 0 Å². The molecule has 138 valence electrons. The summed E-state index contributed by atoms with van der Waals surface area (Å²) >= 11 is 12.2. The van der Waals surface area contributed by atoms with Gasteiger partial charge in [-0.1, -0.05) is 53.5 Å². The molecule has 2 aromatic carbocycles. The lowest BCUT2D eigenvalue weighted by Crippen LogP contribution is -2.48. The van der Waals surface area contributed by atoms with Crippen molar-refractivity contribution >= 4 is 40.0 Å². The fraction of sp³-hybridized carbons (Fsp3) is 0.238. The first kappa shape index (κ1) is 18.2. The molecule has 3 aromatic rings. The molecule has 0 unspecified atom stereocenters. The number of piperazine rings is 1. The van der Waals surface area contributed by atoms with Gasteiger partial charge in [-0.2, -0.15) is 0 Å². The average Bonchev–Trinajstić information content (AvgIpc) is 2.70. The minimum atomic E-state index is -0.0611. The van der Waals surface area contributed by atoms with Crippen molar-refractivity contribution in [2.75, 3.05) is 26.2 Å². The predicted molar refractivity (Wildman–Crippen MR) is 109 cm³/mol. The van der Waals surface area contributed by atoms with Crippen LogP contribution >= 0.6 is 23.2 Å². The van der Waals surface area contributed by atoms with Crippen LogP contribution in [0.25, 0.3) is 10.9 Å². The molecule has 1 aliphatic rings. The Labute approximate surface area is 168 Å². The second-order valence-corrected chi connectivity index (χ2v) is 7.45. The summed E-state index contributed by atoms with van der Waals surface area (Å²) in [5, 5.41) is 1.89. The van der Waals surface area contributed by atoms with Crippen molar-refractivity contribution in [3.63, 3.8) is 0 Å². The van der Waals surface area contributed by atoms with Gasteiger partial charge in [-0.15, -0.1) is 0 Å². The molecule has 0 radical (unpaired) electrons. The molecule has 0 N–H and O–H groups in total. The molecule has 6 heteroatoms. The topological polar surface area (TPSA) is 36.4 Å². The lowest BCUT2D eigenvalue weighted by molar-refractivity contribution is 0.0629. The highest BCUT2D eigenvalue weighted by Gasteiger charge is 2.24. The van der Waals surface area contributed by atoms with Crippen LogP contribution in [0.4, 0.5) is 0 Å². The van der Waals surface area contributed by atoms with E-state index in [1.54, 1.807) is 18.2 Å². The molecular formula is C21H19Cl2N3O. The van der Waals surface area contributed by atoms with Gasteiger partial charge in [0.05, 0.1) is 21.1 Å². The van der Waals surface area contributed by atoms with Crippen molar-refractivity contribution < 1.29 is 4.79 Å². The summed E-state index contributed by atoms with van der Waals surface area (Å²) in [5.41, 5.74) is 2.73. The Kier molecular flexibility index (Phi) is 5.30. The Bertz CT molecular complexity index is 979. The van der Waals surface area contributed by atoms with E-state index in [1.165, 1.54) is 5.56 Å². The number of hydrogen-bond donors (Lipinski definition) is 0. The monoisotopic (exact) mass is 399 g/mol. The van der Waals surface area contributed by atoms with Crippen molar-refractivity contribution in [2.24, 2.45) is 0 Å². The number of amides is 1. The first-order valence-corrected chi connectivity index (χ1v) is 9.67. The lowest BCUT2D eigenvalue weighted by atomic mass is 10.1. The summed E-state index contributed by atoms with van der Waals surface area (Å²) in [5.74, 6) is -0.0611. The van der Waals surface area contributed by atoms with Crippen molar-refractivity contribution in [3.05, 3.63) is 75.9 Å². The lowest BCUT2D eigenvalue weighted by Gasteiger charge is -2.35. The predicted octanol–water partition coefficient (Wildman–Crippen LogP) is 4.50. The van der Waals surface area contributed by atoms with Crippen molar-refractivity contribution in [1.29, 1.82) is 0 Å². The van der Waals surface area contributed by atoms with E-state index < -0.39 is 0 Å². The number of rotatable bonds is 3. The molecule has 0 atom stereocenters. The van der Waals surface area contributed by atoms with E-state index in [4.69, 9.17) is 23.2 Å². The highest BCUT2D eigenvalue weighted by molar-refractivity contribution is 6.43. The van der Waals surface area contributed by atoms with Crippen molar-refractivity contribution in [2.45, 2.75) is 6.54 Å². The maximum atomic E-state index is 12.8. The molecule has 0 spiro atoms. The van der Waals surface area contributed by atoms with Gasteiger partial charge in [-0.3, -0.25) is 14.7 Å². The summed E-state index contributed by atoms with van der Waals surface area (Å²) in [4.78, 5) is 21.5. The number of para-hydroxylation sites is 1. The Balaban J connectivity index is 1.43. The second kappa shape index (κ2) is 7.85. The highest BCUT2D eigenvalue weighted by Crippen LogP contribution is 2.27. The number of halogens is 2. The molecule has 0 bridgehead atoms. The van der Waals surface area contributed by atoms with E-state index in [2.05, 4.69) is 34.1 Å². The van der Waals surface area contributed by atoms with Crippen LogP contribution in [0.2, 0.25) is 10.0 Å². The second-order valence-electron chi connectivity index (χ2n) is 6.66. The minimum Gasteiger partial charge on any atom is -0.336 e. The number of benzene rings is 2. The van der Waals surface area contributed by atoms with Crippen LogP contribution < -0.4 is 0 Å². The van der Waals surface area contributed by atoms with E-state index in [-0.39, 0.29) is 5.91 Å². The van der Waals surface area contributed by atoms with Crippen LogP contribution in [-0.4, -0.2) is 46.9 Å². The summed E-state index contributed by atoms with van der Waals surface area (Å²) in [6.07, 6.45) is 1.83. The highest BCUT2D eigenvalue weighted by atomic mass is 35.5. The van der Waals surface area contributed by atoms with Crippen molar-refractivity contribution in [1.82, 2.24) is 14.8 Å². The third-order valence-electron chi connectivity index (χ3n) is 4.95. The summed E-state index contributed by atoms with van der Waals surface area (Å²) in [6.45, 7) is 3.79. The molecule has 1 saturated heterocycles. The molecule has 0 saturated carbocycles. The normalized spacial score (nSPS) is 15.3. The Morgan fingerprint density at radius 2 is 1.70 bits per heavy atom. The van der Waals surface area contributed by atoms with E-state index >= 15 is 0 Å². The zero-order chi connectivity index (χ0) is 18.8. The van der Waals surface area contributed by atoms with Crippen LogP contribution in [0, 0.1) is 0 Å². The number of fused-ring (bicyclic) bond motifs is 1. The van der Waals surface area contributed by atoms with Gasteiger partial charge in [0.1, 0.15) is 0 Å². The SMILES string of the molecule is O=C(c1cccc(Cl)c1Cl)N1CCN(Cc2cccc3cccnc23)CC1. The number of nitrogens with zero attached hydrogens (tertiary/aromatic N) is 3. The largest absolute Gasteiger partial charge is 0.336 e. The molecule has 4 rings (SSSR count). The van der Waals surface area contributed by atoms with Gasteiger partial charge < -0.3 is 4.90 Å². The quantitative estimate of drug-likeness (QED) is 0.650. The number of pyridine rings is 1. The standard InChI is InChI=1S/C21H19Cl2N3O/c22-18-8-2-7-17(19(18)23)21(27)26-12-10-25(11-13-26)14-16-5-1-4-15-6-3-9-24-20(15)16/h1-9H,10-14H2. The summed E-state index contributed by atoms with van der Waals surface area (Å²) < 4.78 is 0. The average molecular weight is 400 g/mol. The van der Waals surface area contributed by atoms with E-state index in [0.29, 0.717) is 28.7 Å². The molecule has 1 aliphatic heterocycles. The summed E-state index contributed by atoms with van der Waals surface area (Å²) in [7, 11) is 0. The zero-order valence-electron chi connectivity index (χ0n) is 14.7. The summed E-state index contributed by atoms with van der Waals surface area (Å²) in [6, 6.07) is 15.5. The molecular weight excluding hydrogens is 381 g/mol. The van der Waals surface area contributed by atoms with Crippen LogP contribution in [0.5, 0.6) is 0 Å². The fourth-order valence-corrected chi connectivity index (χ4v) is 3.87. The van der Waals surface area contributed by atoms with Gasteiger partial charge in [0.25, 0.3) is 5.91 Å². The maximum absolute atomic E-state index is 12.8. The Hall–Kier alpha value is -2.14. The smallest absolute Gasteiger partial charge is 0.255 e. The molecule has 2 heterocycles.